The number of hydrogen-bond acceptors (Lipinski definition) is 5. The van der Waals surface area contributed by atoms with Gasteiger partial charge in [-0.25, -0.2) is 4.98 Å². The van der Waals surface area contributed by atoms with Gasteiger partial charge >= 0.3 is 5.97 Å². The van der Waals surface area contributed by atoms with E-state index in [0.717, 1.165) is 21.2 Å². The lowest BCUT2D eigenvalue weighted by atomic mass is 9.93. The van der Waals surface area contributed by atoms with Crippen molar-refractivity contribution in [3.8, 4) is 0 Å². The number of allylic oxidation sites excluding steroid dienone is 4. The molecule has 4 nitrogen and oxygen atoms in total. The lowest BCUT2D eigenvalue weighted by molar-refractivity contribution is -0.137. The van der Waals surface area contributed by atoms with Gasteiger partial charge in [-0.15, -0.1) is 11.3 Å². The fraction of sp³-hybridized carbons (Fsp3) is 0.214. The third-order valence-corrected chi connectivity index (χ3v) is 8.19. The molecular weight excluding hydrogens is 462 g/mol. The summed E-state index contributed by atoms with van der Waals surface area (Å²) in [6.07, 6.45) is 7.63. The maximum atomic E-state index is 10.7. The molecule has 0 saturated carbocycles. The number of nitrogens with zero attached hydrogens (tertiary/aromatic N) is 1. The Morgan fingerprint density at radius 3 is 2.44 bits per heavy atom. The van der Waals surface area contributed by atoms with Crippen molar-refractivity contribution in [1.29, 1.82) is 0 Å². The summed E-state index contributed by atoms with van der Waals surface area (Å²) in [6.45, 7) is 0.420. The highest BCUT2D eigenvalue weighted by molar-refractivity contribution is 8.01. The molecule has 0 spiro atoms. The number of carbonyl (C=O) groups is 1. The number of thioether (sulfide) groups is 1. The summed E-state index contributed by atoms with van der Waals surface area (Å²) in [4.78, 5) is 15.7. The number of benzene rings is 2. The zero-order valence-corrected chi connectivity index (χ0v) is 20.3. The first-order valence-corrected chi connectivity index (χ1v) is 13.2. The first-order valence-electron chi connectivity index (χ1n) is 11.4. The van der Waals surface area contributed by atoms with E-state index in [4.69, 9.17) is 14.8 Å². The van der Waals surface area contributed by atoms with E-state index >= 15 is 0 Å². The molecule has 172 valence electrons. The number of thiazole rings is 1. The van der Waals surface area contributed by atoms with Crippen LogP contribution in [0.1, 0.15) is 36.3 Å². The summed E-state index contributed by atoms with van der Waals surface area (Å²) in [5, 5.41) is 9.86. The first-order chi connectivity index (χ1) is 16.7. The highest BCUT2D eigenvalue weighted by atomic mass is 32.2. The highest BCUT2D eigenvalue weighted by Crippen LogP contribution is 2.33. The van der Waals surface area contributed by atoms with Gasteiger partial charge in [-0.2, -0.15) is 0 Å². The Morgan fingerprint density at radius 2 is 1.76 bits per heavy atom. The highest BCUT2D eigenvalue weighted by Gasteiger charge is 2.21. The van der Waals surface area contributed by atoms with Gasteiger partial charge < -0.3 is 9.84 Å². The van der Waals surface area contributed by atoms with E-state index in [1.54, 1.807) is 11.3 Å². The van der Waals surface area contributed by atoms with Crippen molar-refractivity contribution in [2.24, 2.45) is 0 Å². The average Bonchev–Trinajstić information content (AvgIpc) is 3.41. The van der Waals surface area contributed by atoms with Crippen LogP contribution in [0.15, 0.2) is 88.5 Å². The molecule has 34 heavy (non-hydrogen) atoms. The summed E-state index contributed by atoms with van der Waals surface area (Å²) in [6, 6.07) is 21.3. The molecule has 2 aromatic carbocycles. The van der Waals surface area contributed by atoms with Gasteiger partial charge in [0.25, 0.3) is 0 Å². The number of rotatable bonds is 10. The molecule has 1 N–H and O–H groups in total. The first kappa shape index (κ1) is 22.7. The Morgan fingerprint density at radius 1 is 1.06 bits per heavy atom. The Kier molecular flexibility index (Phi) is 6.97. The van der Waals surface area contributed by atoms with Crippen LogP contribution in [0, 0.1) is 0 Å². The summed E-state index contributed by atoms with van der Waals surface area (Å²) < 4.78 is 8.12. The van der Waals surface area contributed by atoms with Gasteiger partial charge in [-0.3, -0.25) is 4.79 Å². The minimum atomic E-state index is -0.790. The number of fused-ring (bicyclic) bond motifs is 2. The molecule has 0 atom stereocenters. The zero-order valence-electron chi connectivity index (χ0n) is 18.6. The maximum absolute atomic E-state index is 10.7. The number of aromatic nitrogens is 1. The number of hydrogen-bond donors (Lipinski definition) is 1. The molecular formula is C28H25NO3S2. The van der Waals surface area contributed by atoms with Crippen molar-refractivity contribution >= 4 is 40.7 Å². The van der Waals surface area contributed by atoms with Crippen LogP contribution < -0.4 is 9.88 Å². The normalized spacial score (nSPS) is 14.2. The van der Waals surface area contributed by atoms with E-state index in [2.05, 4.69) is 72.8 Å². The molecule has 2 aliphatic rings. The van der Waals surface area contributed by atoms with Crippen LogP contribution in [0.2, 0.25) is 0 Å². The third-order valence-electron chi connectivity index (χ3n) is 5.95. The topological polar surface area (TPSA) is 59.4 Å². The molecule has 1 heterocycles. The Balaban J connectivity index is 1.30. The molecule has 0 unspecified atom stereocenters. The monoisotopic (exact) mass is 487 g/mol. The van der Waals surface area contributed by atoms with Crippen molar-refractivity contribution in [3.63, 3.8) is 0 Å². The second-order valence-corrected chi connectivity index (χ2v) is 10.6. The fourth-order valence-electron chi connectivity index (χ4n) is 4.24. The van der Waals surface area contributed by atoms with E-state index in [9.17, 15) is 4.79 Å². The smallest absolute Gasteiger partial charge is 0.303 e. The van der Waals surface area contributed by atoms with Gasteiger partial charge in [-0.05, 0) is 40.8 Å². The molecule has 0 saturated heterocycles. The van der Waals surface area contributed by atoms with Crippen LogP contribution in [0.3, 0.4) is 0 Å². The van der Waals surface area contributed by atoms with Crippen LogP contribution in [-0.2, 0) is 9.53 Å². The summed E-state index contributed by atoms with van der Waals surface area (Å²) in [5.41, 5.74) is 5.04. The van der Waals surface area contributed by atoms with E-state index in [1.807, 2.05) is 17.8 Å². The number of ether oxygens (including phenoxy) is 1. The largest absolute Gasteiger partial charge is 0.498 e. The third kappa shape index (κ3) is 5.18. The summed E-state index contributed by atoms with van der Waals surface area (Å²) >= 11 is 3.57. The van der Waals surface area contributed by atoms with Crippen molar-refractivity contribution < 1.29 is 14.6 Å². The predicted octanol–water partition coefficient (Wildman–Crippen LogP) is 5.11. The lowest BCUT2D eigenvalue weighted by Gasteiger charge is -2.17. The van der Waals surface area contributed by atoms with Crippen molar-refractivity contribution in [2.75, 3.05) is 12.4 Å². The second kappa shape index (κ2) is 10.5. The van der Waals surface area contributed by atoms with E-state index in [0.29, 0.717) is 25.4 Å². The molecule has 2 aliphatic carbocycles. The molecule has 6 heteroatoms. The van der Waals surface area contributed by atoms with Crippen molar-refractivity contribution in [1.82, 2.24) is 4.98 Å². The van der Waals surface area contributed by atoms with E-state index < -0.39 is 5.97 Å². The minimum Gasteiger partial charge on any atom is -0.498 e. The van der Waals surface area contributed by atoms with Crippen LogP contribution in [0.4, 0.5) is 0 Å². The number of carboxylic acid groups (broad SMARTS) is 1. The zero-order chi connectivity index (χ0) is 23.3. The maximum Gasteiger partial charge on any atom is 0.303 e. The molecule has 0 amide bonds. The quantitative estimate of drug-likeness (QED) is 0.318. The molecule has 0 radical (unpaired) electrons. The fourth-order valence-corrected chi connectivity index (χ4v) is 6.57. The number of carboxylic acids is 1. The second-order valence-electron chi connectivity index (χ2n) is 8.28. The van der Waals surface area contributed by atoms with Gasteiger partial charge in [-0.1, -0.05) is 78.5 Å². The van der Waals surface area contributed by atoms with Crippen molar-refractivity contribution in [3.05, 3.63) is 105 Å². The standard InChI is InChI=1S/C28H25NO3S2/c30-26(31)12-7-15-32-22-14-13-21-16-25-27(23(21)17-22)29-28(34-25)33-18-24(19-8-3-1-4-9-19)20-10-5-2-6-11-20/h1-6,8-11,13-14,16,24H,7,12,15,17-18H2,(H,30,31). The van der Waals surface area contributed by atoms with E-state index in [1.165, 1.54) is 26.8 Å². The van der Waals surface area contributed by atoms with Gasteiger partial charge in [0.15, 0.2) is 4.34 Å². The van der Waals surface area contributed by atoms with Gasteiger partial charge in [0.05, 0.1) is 16.5 Å². The molecule has 0 bridgehead atoms. The lowest BCUT2D eigenvalue weighted by Crippen LogP contribution is -2.20. The van der Waals surface area contributed by atoms with E-state index in [-0.39, 0.29) is 6.42 Å². The minimum absolute atomic E-state index is 0.127. The summed E-state index contributed by atoms with van der Waals surface area (Å²) in [5.74, 6) is 1.32. The summed E-state index contributed by atoms with van der Waals surface area (Å²) in [7, 11) is 0. The Bertz CT molecular complexity index is 1320. The molecule has 1 aromatic heterocycles. The van der Waals surface area contributed by atoms with Crippen LogP contribution in [0.5, 0.6) is 0 Å². The Labute approximate surface area is 207 Å². The average molecular weight is 488 g/mol. The van der Waals surface area contributed by atoms with Gasteiger partial charge in [0.1, 0.15) is 5.76 Å². The van der Waals surface area contributed by atoms with Gasteiger partial charge in [0, 0.05) is 24.5 Å². The molecule has 5 rings (SSSR count). The van der Waals surface area contributed by atoms with Gasteiger partial charge in [0.2, 0.25) is 0 Å². The SMILES string of the molecule is O=C(O)CCCOC1=CC=C2C=c3sc(SCC(c4ccccc4)c4ccccc4)nc3=C2C1. The molecule has 0 fully saturated rings. The Hall–Kier alpha value is -3.09. The van der Waals surface area contributed by atoms with Crippen LogP contribution in [0.25, 0.3) is 11.6 Å². The van der Waals surface area contributed by atoms with Crippen molar-refractivity contribution in [2.45, 2.75) is 29.5 Å². The number of aliphatic carboxylic acids is 1. The van der Waals surface area contributed by atoms with Crippen LogP contribution in [-0.4, -0.2) is 28.4 Å². The molecule has 3 aromatic rings. The van der Waals surface area contributed by atoms with Crippen LogP contribution >= 0.6 is 23.1 Å². The molecule has 0 aliphatic heterocycles. The predicted molar refractivity (Wildman–Crippen MR) is 138 cm³/mol.